The van der Waals surface area contributed by atoms with Gasteiger partial charge in [-0.05, 0) is 48.4 Å². The molecule has 1 N–H and O–H groups in total. The molecule has 0 heterocycles. The molecule has 2 aromatic rings. The van der Waals surface area contributed by atoms with E-state index in [9.17, 15) is 19.7 Å². The van der Waals surface area contributed by atoms with Crippen LogP contribution in [0.1, 0.15) is 29.5 Å². The number of hydrogen-bond donors (Lipinski definition) is 1. The number of anilines is 1. The molecule has 3 rings (SSSR count). The molecule has 8 heteroatoms. The summed E-state index contributed by atoms with van der Waals surface area (Å²) in [5.74, 6) is -1.07. The Balaban J connectivity index is 1.50. The average Bonchev–Trinajstić information content (AvgIpc) is 2.67. The topological polar surface area (TPSA) is 98.5 Å². The van der Waals surface area contributed by atoms with E-state index in [2.05, 4.69) is 11.4 Å². The van der Waals surface area contributed by atoms with Gasteiger partial charge >= 0.3 is 5.97 Å². The molecule has 0 atom stereocenters. The highest BCUT2D eigenvalue weighted by Gasteiger charge is 2.15. The van der Waals surface area contributed by atoms with Gasteiger partial charge < -0.3 is 10.1 Å². The molecule has 0 spiro atoms. The van der Waals surface area contributed by atoms with E-state index in [1.807, 2.05) is 12.1 Å². The van der Waals surface area contributed by atoms with Crippen molar-refractivity contribution < 1.29 is 19.2 Å². The molecule has 0 unspecified atom stereocenters. The molecule has 146 valence electrons. The summed E-state index contributed by atoms with van der Waals surface area (Å²) >= 11 is 5.92. The van der Waals surface area contributed by atoms with E-state index in [4.69, 9.17) is 16.3 Å². The normalized spacial score (nSPS) is 12.8. The predicted octanol–water partition coefficient (Wildman–Crippen LogP) is 3.85. The summed E-state index contributed by atoms with van der Waals surface area (Å²) in [6.07, 6.45) is 4.55. The van der Waals surface area contributed by atoms with Gasteiger partial charge in [-0.25, -0.2) is 0 Å². The summed E-state index contributed by atoms with van der Waals surface area (Å²) < 4.78 is 5.02. The molecule has 2 aromatic carbocycles. The number of fused-ring (bicyclic) bond motifs is 1. The summed E-state index contributed by atoms with van der Waals surface area (Å²) in [5, 5.41) is 13.2. The first-order chi connectivity index (χ1) is 13.4. The quantitative estimate of drug-likeness (QED) is 0.449. The summed E-state index contributed by atoms with van der Waals surface area (Å²) in [4.78, 5) is 34.1. The number of esters is 1. The molecule has 0 aliphatic heterocycles. The molecule has 0 aromatic heterocycles. The second kappa shape index (κ2) is 8.84. The lowest BCUT2D eigenvalue weighted by atomic mass is 9.90. The fourth-order valence-corrected chi connectivity index (χ4v) is 3.39. The van der Waals surface area contributed by atoms with E-state index in [0.717, 1.165) is 30.9 Å². The molecular weight excluding hydrogens is 384 g/mol. The number of hydrogen-bond acceptors (Lipinski definition) is 5. The maximum Gasteiger partial charge on any atom is 0.310 e. The first-order valence-corrected chi connectivity index (χ1v) is 9.30. The number of halogens is 1. The summed E-state index contributed by atoms with van der Waals surface area (Å²) in [6, 6.07) is 9.70. The van der Waals surface area contributed by atoms with Crippen molar-refractivity contribution in [1.29, 1.82) is 0 Å². The number of carbonyl (C=O) groups excluding carboxylic acids is 2. The summed E-state index contributed by atoms with van der Waals surface area (Å²) in [5.41, 5.74) is 3.51. The highest BCUT2D eigenvalue weighted by molar-refractivity contribution is 6.34. The van der Waals surface area contributed by atoms with Crippen molar-refractivity contribution in [3.05, 3.63) is 68.2 Å². The molecule has 1 amide bonds. The van der Waals surface area contributed by atoms with Gasteiger partial charge in [0.2, 0.25) is 0 Å². The fraction of sp³-hybridized carbons (Fsp3) is 0.300. The van der Waals surface area contributed by atoms with Crippen molar-refractivity contribution in [2.75, 3.05) is 11.9 Å². The largest absolute Gasteiger partial charge is 0.455 e. The van der Waals surface area contributed by atoms with Crippen LogP contribution in [0.5, 0.6) is 0 Å². The van der Waals surface area contributed by atoms with Crippen LogP contribution in [0.25, 0.3) is 0 Å². The minimum atomic E-state index is -0.583. The minimum absolute atomic E-state index is 0.0305. The SMILES string of the molecule is O=C(COC(=O)Cc1ccc2c(c1)CCCC2)Nc1ccc([N+](=O)[O-])cc1Cl. The standard InChI is InChI=1S/C20H19ClN2O5/c21-17-11-16(23(26)27)7-8-18(17)22-19(24)12-28-20(25)10-13-5-6-14-3-1-2-4-15(14)9-13/h5-9,11H,1-4,10,12H2,(H,22,24). The number of nitrogens with one attached hydrogen (secondary N) is 1. The molecule has 28 heavy (non-hydrogen) atoms. The van der Waals surface area contributed by atoms with Gasteiger partial charge in [0.05, 0.1) is 22.1 Å². The van der Waals surface area contributed by atoms with E-state index < -0.39 is 23.4 Å². The Morgan fingerprint density at radius 1 is 1.11 bits per heavy atom. The van der Waals surface area contributed by atoms with Crippen LogP contribution in [0.3, 0.4) is 0 Å². The Morgan fingerprint density at radius 2 is 1.86 bits per heavy atom. The molecule has 0 fully saturated rings. The second-order valence-electron chi connectivity index (χ2n) is 6.62. The van der Waals surface area contributed by atoms with Crippen LogP contribution in [0.15, 0.2) is 36.4 Å². The van der Waals surface area contributed by atoms with Gasteiger partial charge in [-0.2, -0.15) is 0 Å². The number of amides is 1. The number of non-ortho nitro benzene ring substituents is 1. The van der Waals surface area contributed by atoms with Crippen LogP contribution in [-0.4, -0.2) is 23.4 Å². The van der Waals surface area contributed by atoms with Gasteiger partial charge in [0.1, 0.15) is 0 Å². The Kier molecular flexibility index (Phi) is 6.26. The lowest BCUT2D eigenvalue weighted by Gasteiger charge is -2.16. The highest BCUT2D eigenvalue weighted by Crippen LogP contribution is 2.26. The lowest BCUT2D eigenvalue weighted by Crippen LogP contribution is -2.22. The van der Waals surface area contributed by atoms with Crippen molar-refractivity contribution in [2.45, 2.75) is 32.1 Å². The van der Waals surface area contributed by atoms with Crippen LogP contribution in [-0.2, 0) is 33.6 Å². The molecule has 7 nitrogen and oxygen atoms in total. The van der Waals surface area contributed by atoms with Crippen molar-refractivity contribution in [2.24, 2.45) is 0 Å². The van der Waals surface area contributed by atoms with Gasteiger partial charge in [0.25, 0.3) is 11.6 Å². The third-order valence-corrected chi connectivity index (χ3v) is 4.88. The fourth-order valence-electron chi connectivity index (χ4n) is 3.17. The van der Waals surface area contributed by atoms with Crippen LogP contribution >= 0.6 is 11.6 Å². The van der Waals surface area contributed by atoms with Crippen molar-refractivity contribution >= 4 is 34.9 Å². The van der Waals surface area contributed by atoms with E-state index in [1.165, 1.54) is 29.7 Å². The second-order valence-corrected chi connectivity index (χ2v) is 7.02. The molecule has 1 aliphatic rings. The van der Waals surface area contributed by atoms with Crippen LogP contribution in [0.4, 0.5) is 11.4 Å². The zero-order valence-corrected chi connectivity index (χ0v) is 15.8. The van der Waals surface area contributed by atoms with E-state index in [1.54, 1.807) is 0 Å². The third-order valence-electron chi connectivity index (χ3n) is 4.56. The summed E-state index contributed by atoms with van der Waals surface area (Å²) in [7, 11) is 0. The lowest BCUT2D eigenvalue weighted by molar-refractivity contribution is -0.384. The molecule has 0 radical (unpaired) electrons. The molecule has 1 aliphatic carbocycles. The van der Waals surface area contributed by atoms with Gasteiger partial charge in [-0.3, -0.25) is 19.7 Å². The number of nitro benzene ring substituents is 1. The van der Waals surface area contributed by atoms with Gasteiger partial charge in [0, 0.05) is 12.1 Å². The maximum atomic E-state index is 12.0. The van der Waals surface area contributed by atoms with Crippen LogP contribution < -0.4 is 5.32 Å². The first kappa shape index (κ1) is 19.8. The van der Waals surface area contributed by atoms with Crippen molar-refractivity contribution in [3.8, 4) is 0 Å². The van der Waals surface area contributed by atoms with E-state index >= 15 is 0 Å². The Hall–Kier alpha value is -2.93. The molecular formula is C20H19ClN2O5. The Labute approximate surface area is 166 Å². The Morgan fingerprint density at radius 3 is 2.57 bits per heavy atom. The highest BCUT2D eigenvalue weighted by atomic mass is 35.5. The smallest absolute Gasteiger partial charge is 0.310 e. The minimum Gasteiger partial charge on any atom is -0.455 e. The van der Waals surface area contributed by atoms with Crippen LogP contribution in [0, 0.1) is 10.1 Å². The molecule has 0 saturated carbocycles. The average molecular weight is 403 g/mol. The van der Waals surface area contributed by atoms with Gasteiger partial charge in [-0.15, -0.1) is 0 Å². The number of nitro groups is 1. The maximum absolute atomic E-state index is 12.0. The van der Waals surface area contributed by atoms with Crippen molar-refractivity contribution in [3.63, 3.8) is 0 Å². The number of nitrogens with zero attached hydrogens (tertiary/aromatic N) is 1. The van der Waals surface area contributed by atoms with Crippen LogP contribution in [0.2, 0.25) is 5.02 Å². The van der Waals surface area contributed by atoms with Gasteiger partial charge in [-0.1, -0.05) is 29.8 Å². The monoisotopic (exact) mass is 402 g/mol. The molecule has 0 bridgehead atoms. The number of rotatable bonds is 6. The van der Waals surface area contributed by atoms with Crippen molar-refractivity contribution in [1.82, 2.24) is 0 Å². The third kappa shape index (κ3) is 5.07. The van der Waals surface area contributed by atoms with E-state index in [-0.39, 0.29) is 22.8 Å². The molecule has 0 saturated heterocycles. The van der Waals surface area contributed by atoms with E-state index in [0.29, 0.717) is 0 Å². The number of carbonyl (C=O) groups is 2. The number of benzene rings is 2. The first-order valence-electron chi connectivity index (χ1n) is 8.92. The zero-order chi connectivity index (χ0) is 20.1. The predicted molar refractivity (Wildman–Crippen MR) is 104 cm³/mol. The number of aryl methyl sites for hydroxylation is 2. The zero-order valence-electron chi connectivity index (χ0n) is 15.1. The Bertz CT molecular complexity index is 929. The summed E-state index contributed by atoms with van der Waals surface area (Å²) in [6.45, 7) is -0.461. The number of ether oxygens (including phenoxy) is 1. The van der Waals surface area contributed by atoms with Gasteiger partial charge in [0.15, 0.2) is 6.61 Å².